The monoisotopic (exact) mass is 395 g/mol. The fourth-order valence-corrected chi connectivity index (χ4v) is 2.85. The third-order valence-corrected chi connectivity index (χ3v) is 4.25. The predicted molar refractivity (Wildman–Crippen MR) is 96.0 cm³/mol. The van der Waals surface area contributed by atoms with Gasteiger partial charge in [-0.1, -0.05) is 12.1 Å². The highest BCUT2D eigenvalue weighted by atomic mass is 19.4. The number of hydrogen-bond donors (Lipinski definition) is 1. The van der Waals surface area contributed by atoms with Gasteiger partial charge in [-0.25, -0.2) is 14.8 Å². The number of rotatable bonds is 5. The fourth-order valence-electron chi connectivity index (χ4n) is 2.85. The lowest BCUT2D eigenvalue weighted by Crippen LogP contribution is -2.52. The molecule has 1 fully saturated rings. The summed E-state index contributed by atoms with van der Waals surface area (Å²) in [4.78, 5) is 24.4. The van der Waals surface area contributed by atoms with E-state index in [1.54, 1.807) is 35.5 Å². The zero-order valence-corrected chi connectivity index (χ0v) is 15.0. The van der Waals surface area contributed by atoms with Crippen LogP contribution in [0, 0.1) is 0 Å². The number of carbonyl (C=O) groups is 1. The van der Waals surface area contributed by atoms with Crippen LogP contribution in [0.3, 0.4) is 0 Å². The highest BCUT2D eigenvalue weighted by molar-refractivity contribution is 5.74. The molecule has 2 amide bonds. The van der Waals surface area contributed by atoms with Gasteiger partial charge in [0, 0.05) is 45.1 Å². The summed E-state index contributed by atoms with van der Waals surface area (Å²) in [7, 11) is 0. The molecule has 1 N–H and O–H groups in total. The largest absolute Gasteiger partial charge is 0.573 e. The van der Waals surface area contributed by atoms with Crippen molar-refractivity contribution in [3.63, 3.8) is 0 Å². The molecule has 1 aromatic carbocycles. The van der Waals surface area contributed by atoms with Gasteiger partial charge in [-0.05, 0) is 30.2 Å². The Kier molecular flexibility index (Phi) is 6.17. The number of carbonyl (C=O) groups excluding carboxylic acids is 1. The Morgan fingerprint density at radius 3 is 2.32 bits per heavy atom. The molecular weight excluding hydrogens is 375 g/mol. The molecule has 0 saturated carbocycles. The Hall–Kier alpha value is -3.04. The minimum absolute atomic E-state index is 0.161. The zero-order valence-electron chi connectivity index (χ0n) is 15.0. The van der Waals surface area contributed by atoms with E-state index in [2.05, 4.69) is 20.0 Å². The van der Waals surface area contributed by atoms with E-state index in [9.17, 15) is 18.0 Å². The molecule has 28 heavy (non-hydrogen) atoms. The van der Waals surface area contributed by atoms with Gasteiger partial charge in [0.05, 0.1) is 0 Å². The zero-order chi connectivity index (χ0) is 20.0. The van der Waals surface area contributed by atoms with E-state index < -0.39 is 6.36 Å². The number of urea groups is 1. The number of benzene rings is 1. The van der Waals surface area contributed by atoms with E-state index in [1.807, 2.05) is 4.90 Å². The molecule has 0 unspecified atom stereocenters. The number of hydrogen-bond acceptors (Lipinski definition) is 5. The molecule has 2 aromatic rings. The number of piperazine rings is 1. The Balaban J connectivity index is 1.39. The number of alkyl halides is 3. The van der Waals surface area contributed by atoms with Crippen LogP contribution in [0.2, 0.25) is 0 Å². The molecule has 0 bridgehead atoms. The molecule has 0 radical (unpaired) electrons. The van der Waals surface area contributed by atoms with Gasteiger partial charge in [0.2, 0.25) is 5.95 Å². The molecule has 7 nitrogen and oxygen atoms in total. The van der Waals surface area contributed by atoms with Crippen LogP contribution in [0.25, 0.3) is 0 Å². The average molecular weight is 395 g/mol. The van der Waals surface area contributed by atoms with E-state index in [-0.39, 0.29) is 11.8 Å². The Bertz CT molecular complexity index is 763. The Morgan fingerprint density at radius 1 is 1.07 bits per heavy atom. The lowest BCUT2D eigenvalue weighted by molar-refractivity contribution is -0.274. The van der Waals surface area contributed by atoms with Crippen LogP contribution in [-0.4, -0.2) is 60.0 Å². The van der Waals surface area contributed by atoms with E-state index in [1.165, 1.54) is 12.1 Å². The van der Waals surface area contributed by atoms with E-state index in [4.69, 9.17) is 0 Å². The van der Waals surface area contributed by atoms with Crippen LogP contribution in [0.15, 0.2) is 42.7 Å². The highest BCUT2D eigenvalue weighted by Gasteiger charge is 2.31. The molecule has 1 aromatic heterocycles. The molecule has 0 spiro atoms. The molecule has 0 atom stereocenters. The molecule has 0 aliphatic carbocycles. The topological polar surface area (TPSA) is 70.6 Å². The van der Waals surface area contributed by atoms with Gasteiger partial charge in [-0.2, -0.15) is 0 Å². The maximum Gasteiger partial charge on any atom is 0.573 e. The average Bonchev–Trinajstić information content (AvgIpc) is 2.69. The van der Waals surface area contributed by atoms with E-state index >= 15 is 0 Å². The number of halogens is 3. The number of amides is 2. The van der Waals surface area contributed by atoms with Crippen LogP contribution < -0.4 is 15.0 Å². The molecule has 3 rings (SSSR count). The first-order chi connectivity index (χ1) is 13.4. The summed E-state index contributed by atoms with van der Waals surface area (Å²) in [6, 6.07) is 7.21. The lowest BCUT2D eigenvalue weighted by Gasteiger charge is -2.34. The Labute approximate surface area is 160 Å². The van der Waals surface area contributed by atoms with Crippen molar-refractivity contribution in [2.75, 3.05) is 37.6 Å². The van der Waals surface area contributed by atoms with Crippen molar-refractivity contribution >= 4 is 12.0 Å². The second-order valence-electron chi connectivity index (χ2n) is 6.20. The van der Waals surface area contributed by atoms with Gasteiger partial charge in [0.1, 0.15) is 5.75 Å². The van der Waals surface area contributed by atoms with Crippen LogP contribution in [-0.2, 0) is 6.42 Å². The van der Waals surface area contributed by atoms with Gasteiger partial charge in [-0.3, -0.25) is 0 Å². The number of nitrogens with zero attached hydrogens (tertiary/aromatic N) is 4. The second-order valence-corrected chi connectivity index (χ2v) is 6.20. The highest BCUT2D eigenvalue weighted by Crippen LogP contribution is 2.22. The molecule has 1 aliphatic rings. The summed E-state index contributed by atoms with van der Waals surface area (Å²) in [6.45, 7) is 2.82. The summed E-state index contributed by atoms with van der Waals surface area (Å²) < 4.78 is 40.3. The third kappa shape index (κ3) is 5.73. The normalized spacial score (nSPS) is 14.7. The summed E-state index contributed by atoms with van der Waals surface area (Å²) in [5, 5.41) is 2.83. The summed E-state index contributed by atoms with van der Waals surface area (Å²) in [5.41, 5.74) is 0.806. The van der Waals surface area contributed by atoms with Gasteiger partial charge in [-0.15, -0.1) is 13.2 Å². The van der Waals surface area contributed by atoms with Gasteiger partial charge >= 0.3 is 12.4 Å². The second kappa shape index (κ2) is 8.77. The van der Waals surface area contributed by atoms with Gasteiger partial charge in [0.15, 0.2) is 0 Å². The van der Waals surface area contributed by atoms with Crippen molar-refractivity contribution in [2.24, 2.45) is 0 Å². The first-order valence-electron chi connectivity index (χ1n) is 8.80. The molecule has 150 valence electrons. The van der Waals surface area contributed by atoms with Crippen LogP contribution in [0.1, 0.15) is 5.56 Å². The predicted octanol–water partition coefficient (Wildman–Crippen LogP) is 2.45. The maximum atomic E-state index is 12.3. The number of nitrogens with one attached hydrogen (secondary N) is 1. The SMILES string of the molecule is O=C(NCCc1ccc(OC(F)(F)F)cc1)N1CCN(c2ncccn2)CC1. The maximum absolute atomic E-state index is 12.3. The Morgan fingerprint density at radius 2 is 1.71 bits per heavy atom. The standard InChI is InChI=1S/C18H20F3N5O2/c19-18(20,21)28-15-4-2-14(3-5-15)6-9-24-17(27)26-12-10-25(11-13-26)16-22-7-1-8-23-16/h1-5,7-8H,6,9-13H2,(H,24,27). The van der Waals surface area contributed by atoms with Crippen molar-refractivity contribution in [3.8, 4) is 5.75 Å². The van der Waals surface area contributed by atoms with Crippen LogP contribution in [0.5, 0.6) is 5.75 Å². The summed E-state index contributed by atoms with van der Waals surface area (Å²) >= 11 is 0. The van der Waals surface area contributed by atoms with Crippen molar-refractivity contribution < 1.29 is 22.7 Å². The van der Waals surface area contributed by atoms with E-state index in [0.29, 0.717) is 45.1 Å². The number of aromatic nitrogens is 2. The molecule has 2 heterocycles. The van der Waals surface area contributed by atoms with Crippen molar-refractivity contribution in [1.82, 2.24) is 20.2 Å². The third-order valence-electron chi connectivity index (χ3n) is 4.25. The quantitative estimate of drug-likeness (QED) is 0.842. The minimum atomic E-state index is -4.70. The number of anilines is 1. The first-order valence-corrected chi connectivity index (χ1v) is 8.80. The summed E-state index contributed by atoms with van der Waals surface area (Å²) in [6.07, 6.45) is -0.825. The molecule has 10 heteroatoms. The van der Waals surface area contributed by atoms with E-state index in [0.717, 1.165) is 5.56 Å². The number of ether oxygens (including phenoxy) is 1. The molecule has 1 aliphatic heterocycles. The van der Waals surface area contributed by atoms with Gasteiger partial charge < -0.3 is 19.9 Å². The van der Waals surface area contributed by atoms with Crippen molar-refractivity contribution in [2.45, 2.75) is 12.8 Å². The van der Waals surface area contributed by atoms with Crippen molar-refractivity contribution in [3.05, 3.63) is 48.3 Å². The minimum Gasteiger partial charge on any atom is -0.406 e. The van der Waals surface area contributed by atoms with Crippen LogP contribution >= 0.6 is 0 Å². The van der Waals surface area contributed by atoms with Crippen LogP contribution in [0.4, 0.5) is 23.9 Å². The molecular formula is C18H20F3N5O2. The van der Waals surface area contributed by atoms with Gasteiger partial charge in [0.25, 0.3) is 0 Å². The fraction of sp³-hybridized carbons (Fsp3) is 0.389. The first kappa shape index (κ1) is 19.7. The molecule has 1 saturated heterocycles. The summed E-state index contributed by atoms with van der Waals surface area (Å²) in [5.74, 6) is 0.390. The van der Waals surface area contributed by atoms with Crippen molar-refractivity contribution in [1.29, 1.82) is 0 Å². The smallest absolute Gasteiger partial charge is 0.406 e. The lowest BCUT2D eigenvalue weighted by atomic mass is 10.1.